The van der Waals surface area contributed by atoms with E-state index >= 15 is 0 Å². The summed E-state index contributed by atoms with van der Waals surface area (Å²) in [5.74, 6) is 1.12. The highest BCUT2D eigenvalue weighted by atomic mass is 16.5. The molecule has 110 valence electrons. The number of fused-ring (bicyclic) bond motifs is 1. The monoisotopic (exact) mass is 273 g/mol. The zero-order valence-corrected chi connectivity index (χ0v) is 13.0. The zero-order valence-electron chi connectivity index (χ0n) is 13.0. The van der Waals surface area contributed by atoms with Gasteiger partial charge >= 0.3 is 0 Å². The van der Waals surface area contributed by atoms with Crippen molar-refractivity contribution in [2.75, 3.05) is 6.61 Å². The van der Waals surface area contributed by atoms with Crippen molar-refractivity contribution in [1.29, 1.82) is 0 Å². The molecule has 2 heteroatoms. The molecule has 1 saturated carbocycles. The Morgan fingerprint density at radius 3 is 2.80 bits per heavy atom. The van der Waals surface area contributed by atoms with Gasteiger partial charge < -0.3 is 10.1 Å². The summed E-state index contributed by atoms with van der Waals surface area (Å²) in [6, 6.07) is 7.65. The largest absolute Gasteiger partial charge is 0.493 e. The second-order valence-electron chi connectivity index (χ2n) is 7.14. The van der Waals surface area contributed by atoms with Gasteiger partial charge in [-0.05, 0) is 43.6 Å². The lowest BCUT2D eigenvalue weighted by atomic mass is 9.86. The normalized spacial score (nSPS) is 28.6. The van der Waals surface area contributed by atoms with Crippen LogP contribution in [0, 0.1) is 12.3 Å². The van der Waals surface area contributed by atoms with E-state index in [1.807, 2.05) is 0 Å². The van der Waals surface area contributed by atoms with Gasteiger partial charge in [0.05, 0.1) is 6.61 Å². The van der Waals surface area contributed by atoms with Crippen LogP contribution in [0.5, 0.6) is 5.75 Å². The maximum absolute atomic E-state index is 5.99. The fourth-order valence-electron chi connectivity index (χ4n) is 3.82. The lowest BCUT2D eigenvalue weighted by molar-refractivity contribution is 0.256. The zero-order chi connectivity index (χ0) is 14.2. The number of nitrogens with one attached hydrogen (secondary N) is 1. The van der Waals surface area contributed by atoms with Crippen molar-refractivity contribution in [1.82, 2.24) is 5.32 Å². The van der Waals surface area contributed by atoms with Gasteiger partial charge in [0.2, 0.25) is 0 Å². The Morgan fingerprint density at radius 2 is 2.05 bits per heavy atom. The van der Waals surface area contributed by atoms with E-state index in [2.05, 4.69) is 44.3 Å². The molecule has 1 aliphatic carbocycles. The maximum atomic E-state index is 5.99. The molecule has 1 aliphatic heterocycles. The smallest absolute Gasteiger partial charge is 0.126 e. The molecule has 1 N–H and O–H groups in total. The second kappa shape index (κ2) is 5.40. The third kappa shape index (κ3) is 2.58. The van der Waals surface area contributed by atoms with Crippen molar-refractivity contribution in [3.05, 3.63) is 29.3 Å². The molecule has 1 aromatic carbocycles. The summed E-state index contributed by atoms with van der Waals surface area (Å²) >= 11 is 0. The third-order valence-corrected chi connectivity index (χ3v) is 5.16. The van der Waals surface area contributed by atoms with E-state index in [1.165, 1.54) is 36.8 Å². The van der Waals surface area contributed by atoms with Crippen molar-refractivity contribution < 1.29 is 4.74 Å². The molecule has 20 heavy (non-hydrogen) atoms. The van der Waals surface area contributed by atoms with Crippen LogP contribution >= 0.6 is 0 Å². The minimum Gasteiger partial charge on any atom is -0.493 e. The predicted octanol–water partition coefficient (Wildman–Crippen LogP) is 4.38. The first-order valence-electron chi connectivity index (χ1n) is 8.06. The van der Waals surface area contributed by atoms with Crippen LogP contribution in [0.25, 0.3) is 0 Å². The van der Waals surface area contributed by atoms with Crippen LogP contribution in [0.4, 0.5) is 0 Å². The lowest BCUT2D eigenvalue weighted by Crippen LogP contribution is -2.40. The van der Waals surface area contributed by atoms with E-state index in [-0.39, 0.29) is 0 Å². The summed E-state index contributed by atoms with van der Waals surface area (Å²) in [4.78, 5) is 0. The SMILES string of the molecule is Cc1cccc2c1OCCCC2NC1CCCC1(C)C. The lowest BCUT2D eigenvalue weighted by Gasteiger charge is -2.32. The average Bonchev–Trinajstić information content (AvgIpc) is 2.61. The van der Waals surface area contributed by atoms with Gasteiger partial charge in [0.15, 0.2) is 0 Å². The fraction of sp³-hybridized carbons (Fsp3) is 0.667. The molecule has 0 radical (unpaired) electrons. The van der Waals surface area contributed by atoms with Gasteiger partial charge in [-0.2, -0.15) is 0 Å². The molecule has 0 spiro atoms. The van der Waals surface area contributed by atoms with E-state index in [0.717, 1.165) is 18.8 Å². The first kappa shape index (κ1) is 13.9. The number of para-hydroxylation sites is 1. The second-order valence-corrected chi connectivity index (χ2v) is 7.14. The maximum Gasteiger partial charge on any atom is 0.126 e. The molecule has 1 fully saturated rings. The van der Waals surface area contributed by atoms with Gasteiger partial charge in [-0.25, -0.2) is 0 Å². The number of benzene rings is 1. The Hall–Kier alpha value is -1.02. The average molecular weight is 273 g/mol. The molecule has 2 aliphatic rings. The molecular formula is C18H27NO. The quantitative estimate of drug-likeness (QED) is 0.863. The summed E-state index contributed by atoms with van der Waals surface area (Å²) in [5.41, 5.74) is 3.06. The Morgan fingerprint density at radius 1 is 1.20 bits per heavy atom. The number of rotatable bonds is 2. The molecule has 3 rings (SSSR count). The summed E-state index contributed by atoms with van der Waals surface area (Å²) in [5, 5.41) is 3.95. The van der Waals surface area contributed by atoms with Crippen LogP contribution in [0.15, 0.2) is 18.2 Å². The minimum absolute atomic E-state index is 0.428. The summed E-state index contributed by atoms with van der Waals surface area (Å²) in [7, 11) is 0. The summed E-state index contributed by atoms with van der Waals surface area (Å²) in [6.45, 7) is 7.81. The highest BCUT2D eigenvalue weighted by Crippen LogP contribution is 2.41. The van der Waals surface area contributed by atoms with Gasteiger partial charge in [0, 0.05) is 17.6 Å². The van der Waals surface area contributed by atoms with Crippen molar-refractivity contribution in [2.24, 2.45) is 5.41 Å². The molecule has 1 heterocycles. The van der Waals surface area contributed by atoms with Crippen LogP contribution in [0.2, 0.25) is 0 Å². The molecule has 0 amide bonds. The van der Waals surface area contributed by atoms with Crippen LogP contribution in [0.3, 0.4) is 0 Å². The molecule has 0 aromatic heterocycles. The molecular weight excluding hydrogens is 246 g/mol. The topological polar surface area (TPSA) is 21.3 Å². The Balaban J connectivity index is 1.85. The van der Waals surface area contributed by atoms with E-state index < -0.39 is 0 Å². The Kier molecular flexibility index (Phi) is 3.76. The van der Waals surface area contributed by atoms with E-state index in [0.29, 0.717) is 17.5 Å². The summed E-state index contributed by atoms with van der Waals surface area (Å²) < 4.78 is 5.99. The Labute approximate surface area is 122 Å². The van der Waals surface area contributed by atoms with Gasteiger partial charge in [0.1, 0.15) is 5.75 Å². The van der Waals surface area contributed by atoms with Crippen LogP contribution < -0.4 is 10.1 Å². The van der Waals surface area contributed by atoms with E-state index in [4.69, 9.17) is 4.74 Å². The molecule has 2 atom stereocenters. The van der Waals surface area contributed by atoms with Crippen molar-refractivity contribution in [3.8, 4) is 5.75 Å². The standard InChI is InChI=1S/C18H27NO/c1-13-7-4-8-14-15(9-6-12-20-17(13)14)19-16-10-5-11-18(16,2)3/h4,7-8,15-16,19H,5-6,9-12H2,1-3H3. The van der Waals surface area contributed by atoms with E-state index in [1.54, 1.807) is 0 Å². The number of hydrogen-bond acceptors (Lipinski definition) is 2. The van der Waals surface area contributed by atoms with Gasteiger partial charge in [0.25, 0.3) is 0 Å². The first-order chi connectivity index (χ1) is 9.58. The summed E-state index contributed by atoms with van der Waals surface area (Å²) in [6.07, 6.45) is 6.33. The van der Waals surface area contributed by atoms with E-state index in [9.17, 15) is 0 Å². The number of ether oxygens (including phenoxy) is 1. The molecule has 2 unspecified atom stereocenters. The van der Waals surface area contributed by atoms with Crippen LogP contribution in [0.1, 0.15) is 63.1 Å². The predicted molar refractivity (Wildman–Crippen MR) is 83.2 cm³/mol. The van der Waals surface area contributed by atoms with Crippen molar-refractivity contribution >= 4 is 0 Å². The van der Waals surface area contributed by atoms with Crippen molar-refractivity contribution in [2.45, 2.75) is 65.0 Å². The molecule has 0 bridgehead atoms. The third-order valence-electron chi connectivity index (χ3n) is 5.16. The molecule has 1 aromatic rings. The minimum atomic E-state index is 0.428. The van der Waals surface area contributed by atoms with Crippen molar-refractivity contribution in [3.63, 3.8) is 0 Å². The van der Waals surface area contributed by atoms with Gasteiger partial charge in [-0.15, -0.1) is 0 Å². The van der Waals surface area contributed by atoms with Gasteiger partial charge in [-0.3, -0.25) is 0 Å². The van der Waals surface area contributed by atoms with Gasteiger partial charge in [-0.1, -0.05) is 38.5 Å². The van der Waals surface area contributed by atoms with Crippen LogP contribution in [-0.4, -0.2) is 12.6 Å². The molecule has 2 nitrogen and oxygen atoms in total. The highest BCUT2D eigenvalue weighted by Gasteiger charge is 2.36. The molecule has 0 saturated heterocycles. The Bertz CT molecular complexity index is 480. The highest BCUT2D eigenvalue weighted by molar-refractivity contribution is 5.43. The fourth-order valence-corrected chi connectivity index (χ4v) is 3.82. The number of aryl methyl sites for hydroxylation is 1. The van der Waals surface area contributed by atoms with Crippen LogP contribution in [-0.2, 0) is 0 Å². The first-order valence-corrected chi connectivity index (χ1v) is 8.06. The number of hydrogen-bond donors (Lipinski definition) is 1.